The first kappa shape index (κ1) is 13.7. The Kier molecular flexibility index (Phi) is 6.74. The van der Waals surface area contributed by atoms with Crippen molar-refractivity contribution < 1.29 is 0 Å². The van der Waals surface area contributed by atoms with Crippen LogP contribution in [0.25, 0.3) is 0 Å². The zero-order valence-electron chi connectivity index (χ0n) is 10.0. The van der Waals surface area contributed by atoms with Gasteiger partial charge in [0.25, 0.3) is 0 Å². The van der Waals surface area contributed by atoms with Crippen LogP contribution in [0, 0.1) is 5.92 Å². The minimum absolute atomic E-state index is 0.789. The van der Waals surface area contributed by atoms with Crippen LogP contribution >= 0.6 is 23.4 Å². The van der Waals surface area contributed by atoms with Crippen molar-refractivity contribution in [3.8, 4) is 0 Å². The van der Waals surface area contributed by atoms with Crippen LogP contribution in [0.4, 0.5) is 5.69 Å². The third-order valence-electron chi connectivity index (χ3n) is 2.26. The molecule has 0 bridgehead atoms. The van der Waals surface area contributed by atoms with Crippen molar-refractivity contribution in [1.82, 2.24) is 0 Å². The SMILES string of the molecule is CC(C)CCSCCNc1ccc(Cl)cc1. The molecule has 16 heavy (non-hydrogen) atoms. The Labute approximate surface area is 108 Å². The Balaban J connectivity index is 2.05. The highest BCUT2D eigenvalue weighted by molar-refractivity contribution is 7.99. The molecule has 0 spiro atoms. The Morgan fingerprint density at radius 1 is 1.19 bits per heavy atom. The number of benzene rings is 1. The molecular formula is C13H20ClNS. The van der Waals surface area contributed by atoms with Crippen LogP contribution in [0.15, 0.2) is 24.3 Å². The summed E-state index contributed by atoms with van der Waals surface area (Å²) in [5.74, 6) is 3.24. The average Bonchev–Trinajstić information content (AvgIpc) is 2.25. The Morgan fingerprint density at radius 2 is 1.88 bits per heavy atom. The molecular weight excluding hydrogens is 238 g/mol. The van der Waals surface area contributed by atoms with Gasteiger partial charge in [0.15, 0.2) is 0 Å². The number of halogens is 1. The average molecular weight is 258 g/mol. The Bertz CT molecular complexity index is 284. The molecule has 0 unspecified atom stereocenters. The molecule has 0 aliphatic carbocycles. The maximum atomic E-state index is 5.81. The molecule has 0 aliphatic heterocycles. The van der Waals surface area contributed by atoms with Crippen molar-refractivity contribution in [1.29, 1.82) is 0 Å². The van der Waals surface area contributed by atoms with Gasteiger partial charge in [-0.3, -0.25) is 0 Å². The van der Waals surface area contributed by atoms with Crippen molar-refractivity contribution in [3.05, 3.63) is 29.3 Å². The van der Waals surface area contributed by atoms with E-state index in [2.05, 4.69) is 19.2 Å². The van der Waals surface area contributed by atoms with E-state index in [0.29, 0.717) is 0 Å². The number of hydrogen-bond donors (Lipinski definition) is 1. The van der Waals surface area contributed by atoms with Crippen LogP contribution in [-0.2, 0) is 0 Å². The summed E-state index contributed by atoms with van der Waals surface area (Å²) in [6, 6.07) is 7.85. The lowest BCUT2D eigenvalue weighted by Crippen LogP contribution is -2.04. The van der Waals surface area contributed by atoms with Crippen molar-refractivity contribution in [2.75, 3.05) is 23.4 Å². The highest BCUT2D eigenvalue weighted by atomic mass is 35.5. The summed E-state index contributed by atoms with van der Waals surface area (Å²) in [6.45, 7) is 5.56. The van der Waals surface area contributed by atoms with Gasteiger partial charge in [-0.15, -0.1) is 0 Å². The molecule has 0 fully saturated rings. The molecule has 0 aromatic heterocycles. The summed E-state index contributed by atoms with van der Waals surface area (Å²) >= 11 is 7.83. The zero-order valence-corrected chi connectivity index (χ0v) is 11.6. The molecule has 1 aromatic carbocycles. The van der Waals surface area contributed by atoms with E-state index >= 15 is 0 Å². The molecule has 0 saturated heterocycles. The maximum absolute atomic E-state index is 5.81. The van der Waals surface area contributed by atoms with Crippen LogP contribution < -0.4 is 5.32 Å². The van der Waals surface area contributed by atoms with Crippen LogP contribution in [0.2, 0.25) is 5.02 Å². The number of nitrogens with one attached hydrogen (secondary N) is 1. The minimum atomic E-state index is 0.789. The van der Waals surface area contributed by atoms with Gasteiger partial charge in [-0.2, -0.15) is 11.8 Å². The molecule has 0 atom stereocenters. The zero-order chi connectivity index (χ0) is 11.8. The lowest BCUT2D eigenvalue weighted by Gasteiger charge is -2.07. The van der Waals surface area contributed by atoms with E-state index in [0.717, 1.165) is 28.9 Å². The van der Waals surface area contributed by atoms with Gasteiger partial charge in [-0.25, -0.2) is 0 Å². The third-order valence-corrected chi connectivity index (χ3v) is 3.53. The molecule has 90 valence electrons. The number of hydrogen-bond acceptors (Lipinski definition) is 2. The van der Waals surface area contributed by atoms with E-state index in [1.54, 1.807) is 0 Å². The lowest BCUT2D eigenvalue weighted by molar-refractivity contribution is 0.632. The molecule has 0 aliphatic rings. The van der Waals surface area contributed by atoms with Crippen LogP contribution in [0.5, 0.6) is 0 Å². The van der Waals surface area contributed by atoms with E-state index in [1.807, 2.05) is 36.0 Å². The van der Waals surface area contributed by atoms with E-state index in [-0.39, 0.29) is 0 Å². The monoisotopic (exact) mass is 257 g/mol. The van der Waals surface area contributed by atoms with Gasteiger partial charge in [0.05, 0.1) is 0 Å². The maximum Gasteiger partial charge on any atom is 0.0407 e. The molecule has 1 rings (SSSR count). The summed E-state index contributed by atoms with van der Waals surface area (Å²) in [5, 5.41) is 4.17. The molecule has 0 radical (unpaired) electrons. The van der Waals surface area contributed by atoms with Crippen LogP contribution in [0.1, 0.15) is 20.3 Å². The first-order valence-electron chi connectivity index (χ1n) is 5.75. The number of rotatable bonds is 7. The van der Waals surface area contributed by atoms with Crippen molar-refractivity contribution >= 4 is 29.1 Å². The van der Waals surface area contributed by atoms with E-state index in [1.165, 1.54) is 12.2 Å². The Morgan fingerprint density at radius 3 is 2.50 bits per heavy atom. The van der Waals surface area contributed by atoms with Gasteiger partial charge in [-0.05, 0) is 42.4 Å². The fraction of sp³-hybridized carbons (Fsp3) is 0.538. The Hall–Kier alpha value is -0.340. The summed E-state index contributed by atoms with van der Waals surface area (Å²) in [4.78, 5) is 0. The minimum Gasteiger partial charge on any atom is -0.384 e. The van der Waals surface area contributed by atoms with Crippen LogP contribution in [-0.4, -0.2) is 18.1 Å². The normalized spacial score (nSPS) is 10.8. The van der Waals surface area contributed by atoms with Crippen molar-refractivity contribution in [3.63, 3.8) is 0 Å². The molecule has 0 heterocycles. The van der Waals surface area contributed by atoms with Crippen LogP contribution in [0.3, 0.4) is 0 Å². The highest BCUT2D eigenvalue weighted by Gasteiger charge is 1.95. The number of thioether (sulfide) groups is 1. The second kappa shape index (κ2) is 7.86. The van der Waals surface area contributed by atoms with Gasteiger partial charge in [0.2, 0.25) is 0 Å². The third kappa shape index (κ3) is 6.29. The van der Waals surface area contributed by atoms with Gasteiger partial charge >= 0.3 is 0 Å². The standard InChI is InChI=1S/C13H20ClNS/c1-11(2)7-9-16-10-8-15-13-5-3-12(14)4-6-13/h3-6,11,15H,7-10H2,1-2H3. The second-order valence-corrected chi connectivity index (χ2v) is 5.89. The summed E-state index contributed by atoms with van der Waals surface area (Å²) in [7, 11) is 0. The summed E-state index contributed by atoms with van der Waals surface area (Å²) in [5.41, 5.74) is 1.15. The van der Waals surface area contributed by atoms with E-state index < -0.39 is 0 Å². The largest absolute Gasteiger partial charge is 0.384 e. The molecule has 0 saturated carbocycles. The van der Waals surface area contributed by atoms with Gasteiger partial charge in [0.1, 0.15) is 0 Å². The smallest absolute Gasteiger partial charge is 0.0407 e. The fourth-order valence-electron chi connectivity index (χ4n) is 1.26. The fourth-order valence-corrected chi connectivity index (χ4v) is 2.47. The van der Waals surface area contributed by atoms with E-state index in [9.17, 15) is 0 Å². The summed E-state index contributed by atoms with van der Waals surface area (Å²) in [6.07, 6.45) is 1.31. The second-order valence-electron chi connectivity index (χ2n) is 4.23. The van der Waals surface area contributed by atoms with Gasteiger partial charge in [-0.1, -0.05) is 25.4 Å². The predicted molar refractivity (Wildman–Crippen MR) is 76.7 cm³/mol. The van der Waals surface area contributed by atoms with Gasteiger partial charge < -0.3 is 5.32 Å². The molecule has 1 aromatic rings. The predicted octanol–water partition coefficient (Wildman–Crippen LogP) is 4.53. The topological polar surface area (TPSA) is 12.0 Å². The van der Waals surface area contributed by atoms with E-state index in [4.69, 9.17) is 11.6 Å². The molecule has 0 amide bonds. The van der Waals surface area contributed by atoms with Crippen molar-refractivity contribution in [2.45, 2.75) is 20.3 Å². The first-order chi connectivity index (χ1) is 7.68. The van der Waals surface area contributed by atoms with Crippen molar-refractivity contribution in [2.24, 2.45) is 5.92 Å². The van der Waals surface area contributed by atoms with Gasteiger partial charge in [0, 0.05) is 23.0 Å². The number of anilines is 1. The highest BCUT2D eigenvalue weighted by Crippen LogP contribution is 2.14. The first-order valence-corrected chi connectivity index (χ1v) is 7.29. The molecule has 1 N–H and O–H groups in total. The summed E-state index contributed by atoms with van der Waals surface area (Å²) < 4.78 is 0. The molecule has 3 heteroatoms. The lowest BCUT2D eigenvalue weighted by atomic mass is 10.2. The quantitative estimate of drug-likeness (QED) is 0.721. The molecule has 1 nitrogen and oxygen atoms in total.